The number of hydrogen-bond acceptors (Lipinski definition) is 3. The maximum atomic E-state index is 13.4. The average molecular weight is 311 g/mol. The van der Waals surface area contributed by atoms with E-state index >= 15 is 0 Å². The Morgan fingerprint density at radius 1 is 1.57 bits per heavy atom. The van der Waals surface area contributed by atoms with Crippen LogP contribution in [0.2, 0.25) is 5.02 Å². The van der Waals surface area contributed by atoms with Gasteiger partial charge in [-0.3, -0.25) is 0 Å². The highest BCUT2D eigenvalue weighted by molar-refractivity contribution is 6.30. The monoisotopic (exact) mass is 310 g/mol. The van der Waals surface area contributed by atoms with E-state index in [4.69, 9.17) is 16.3 Å². The summed E-state index contributed by atoms with van der Waals surface area (Å²) < 4.78 is 20.0. The molecule has 1 aromatic heterocycles. The largest absolute Gasteiger partial charge is 0.476 e. The van der Waals surface area contributed by atoms with Gasteiger partial charge in [0, 0.05) is 5.02 Å². The molecule has 1 aliphatic rings. The minimum absolute atomic E-state index is 0.0117. The lowest BCUT2D eigenvalue weighted by atomic mass is 10.0. The number of benzene rings is 1. The highest BCUT2D eigenvalue weighted by Crippen LogP contribution is 2.38. The van der Waals surface area contributed by atoms with Crippen molar-refractivity contribution in [3.05, 3.63) is 34.5 Å². The second-order valence-electron chi connectivity index (χ2n) is 4.88. The highest BCUT2D eigenvalue weighted by atomic mass is 35.5. The van der Waals surface area contributed by atoms with Crippen molar-refractivity contribution in [2.24, 2.45) is 0 Å². The number of aromatic carboxylic acids is 1. The van der Waals surface area contributed by atoms with Crippen LogP contribution in [0.5, 0.6) is 5.88 Å². The number of carboxylic acid groups (broad SMARTS) is 1. The molecule has 0 radical (unpaired) electrons. The quantitative estimate of drug-likeness (QED) is 0.926. The molecule has 1 aromatic carbocycles. The molecule has 7 heteroatoms. The minimum atomic E-state index is -1.20. The van der Waals surface area contributed by atoms with Crippen LogP contribution in [0.15, 0.2) is 18.2 Å². The molecule has 0 unspecified atom stereocenters. The summed E-state index contributed by atoms with van der Waals surface area (Å²) in [6.07, 6.45) is -1.20. The maximum absolute atomic E-state index is 13.4. The number of hydrogen-bond donors (Lipinski definition) is 1. The fraction of sp³-hybridized carbons (Fsp3) is 0.286. The predicted molar refractivity (Wildman–Crippen MR) is 74.8 cm³/mol. The van der Waals surface area contributed by atoms with Crippen molar-refractivity contribution in [2.45, 2.75) is 19.6 Å². The topological polar surface area (TPSA) is 64.3 Å². The lowest BCUT2D eigenvalue weighted by molar-refractivity contribution is 0.0689. The number of rotatable bonds is 2. The molecule has 1 N–H and O–H groups in total. The summed E-state index contributed by atoms with van der Waals surface area (Å²) in [6.45, 7) is 1.70. The average Bonchev–Trinajstić information content (AvgIpc) is 2.77. The maximum Gasteiger partial charge on any atom is 0.357 e. The molecule has 2 aromatic rings. The molecular weight excluding hydrogens is 299 g/mol. The van der Waals surface area contributed by atoms with Gasteiger partial charge in [-0.25, -0.2) is 13.9 Å². The van der Waals surface area contributed by atoms with Gasteiger partial charge in [-0.2, -0.15) is 5.10 Å². The van der Waals surface area contributed by atoms with Crippen molar-refractivity contribution in [3.63, 3.8) is 0 Å². The third-order valence-electron chi connectivity index (χ3n) is 3.34. The van der Waals surface area contributed by atoms with Crippen LogP contribution >= 0.6 is 11.6 Å². The van der Waals surface area contributed by atoms with E-state index in [1.54, 1.807) is 18.2 Å². The van der Waals surface area contributed by atoms with Crippen molar-refractivity contribution in [1.29, 1.82) is 0 Å². The van der Waals surface area contributed by atoms with Gasteiger partial charge in [0.05, 0.1) is 12.1 Å². The van der Waals surface area contributed by atoms with Crippen molar-refractivity contribution < 1.29 is 19.0 Å². The molecule has 21 heavy (non-hydrogen) atoms. The van der Waals surface area contributed by atoms with E-state index in [2.05, 4.69) is 5.10 Å². The first kappa shape index (κ1) is 13.9. The number of carbonyl (C=O) groups is 1. The van der Waals surface area contributed by atoms with Crippen LogP contribution in [0.1, 0.15) is 16.1 Å². The highest BCUT2D eigenvalue weighted by Gasteiger charge is 2.30. The normalized spacial score (nSPS) is 17.2. The van der Waals surface area contributed by atoms with Gasteiger partial charge in [-0.15, -0.1) is 0 Å². The first-order valence-electron chi connectivity index (χ1n) is 6.35. The van der Waals surface area contributed by atoms with Gasteiger partial charge in [-0.05, 0) is 30.2 Å². The van der Waals surface area contributed by atoms with Crippen molar-refractivity contribution in [3.8, 4) is 17.0 Å². The Kier molecular flexibility index (Phi) is 3.33. The number of alkyl halides is 1. The lowest BCUT2D eigenvalue weighted by Gasteiger charge is -2.19. The number of carboxylic acids is 1. The summed E-state index contributed by atoms with van der Waals surface area (Å²) in [5.74, 6) is -0.896. The lowest BCUT2D eigenvalue weighted by Crippen LogP contribution is -2.27. The fourth-order valence-electron chi connectivity index (χ4n) is 2.43. The van der Waals surface area contributed by atoms with E-state index in [0.717, 1.165) is 5.56 Å². The van der Waals surface area contributed by atoms with Crippen LogP contribution in [0.3, 0.4) is 0 Å². The Morgan fingerprint density at radius 2 is 2.33 bits per heavy atom. The number of nitrogens with zero attached hydrogens (tertiary/aromatic N) is 2. The molecule has 0 saturated carbocycles. The second-order valence-corrected chi connectivity index (χ2v) is 5.32. The predicted octanol–water partition coefficient (Wildman–Crippen LogP) is 2.94. The summed E-state index contributed by atoms with van der Waals surface area (Å²) in [5, 5.41) is 13.9. The van der Waals surface area contributed by atoms with Crippen LogP contribution in [0.4, 0.5) is 4.39 Å². The van der Waals surface area contributed by atoms with Crippen LogP contribution in [0, 0.1) is 6.92 Å². The summed E-state index contributed by atoms with van der Waals surface area (Å²) in [6, 6.07) is 5.11. The van der Waals surface area contributed by atoms with Gasteiger partial charge in [0.1, 0.15) is 6.61 Å². The van der Waals surface area contributed by atoms with E-state index < -0.39 is 12.1 Å². The van der Waals surface area contributed by atoms with Gasteiger partial charge >= 0.3 is 5.97 Å². The van der Waals surface area contributed by atoms with E-state index in [9.17, 15) is 14.3 Å². The standard InChI is InChI=1S/C14H12ClFN2O3/c1-7-4-8(15)2-3-10(7)11-12(14(19)20)17-18-5-9(16)6-21-13(11)18/h2-4,9H,5-6H2,1H3,(H,19,20)/t9-/m0/s1. The number of fused-ring (bicyclic) bond motifs is 1. The SMILES string of the molecule is Cc1cc(Cl)ccc1-c1c(C(=O)O)nn2c1OC[C@@H](F)C2. The number of halogens is 2. The molecule has 0 fully saturated rings. The summed E-state index contributed by atoms with van der Waals surface area (Å²) in [4.78, 5) is 11.4. The van der Waals surface area contributed by atoms with E-state index in [1.807, 2.05) is 6.92 Å². The Hall–Kier alpha value is -2.08. The van der Waals surface area contributed by atoms with E-state index in [0.29, 0.717) is 16.1 Å². The molecule has 2 heterocycles. The van der Waals surface area contributed by atoms with Crippen molar-refractivity contribution in [1.82, 2.24) is 9.78 Å². The Bertz CT molecular complexity index is 729. The zero-order valence-corrected chi connectivity index (χ0v) is 11.9. The van der Waals surface area contributed by atoms with Crippen molar-refractivity contribution in [2.75, 3.05) is 6.61 Å². The van der Waals surface area contributed by atoms with Crippen LogP contribution in [-0.2, 0) is 6.54 Å². The van der Waals surface area contributed by atoms with Crippen LogP contribution in [0.25, 0.3) is 11.1 Å². The molecular formula is C14H12ClFN2O3. The van der Waals surface area contributed by atoms with Crippen LogP contribution in [-0.4, -0.2) is 33.6 Å². The molecule has 0 saturated heterocycles. The summed E-state index contributed by atoms with van der Waals surface area (Å²) >= 11 is 5.93. The van der Waals surface area contributed by atoms with E-state index in [1.165, 1.54) is 4.68 Å². The van der Waals surface area contributed by atoms with Gasteiger partial charge in [0.2, 0.25) is 5.88 Å². The Balaban J connectivity index is 2.23. The molecule has 110 valence electrons. The van der Waals surface area contributed by atoms with Gasteiger partial charge < -0.3 is 9.84 Å². The summed E-state index contributed by atoms with van der Waals surface area (Å²) in [5.41, 5.74) is 1.68. The molecule has 0 spiro atoms. The minimum Gasteiger partial charge on any atom is -0.476 e. The third-order valence-corrected chi connectivity index (χ3v) is 3.57. The molecule has 1 atom stereocenters. The second kappa shape index (κ2) is 5.04. The molecule has 1 aliphatic heterocycles. The molecule has 3 rings (SSSR count). The Morgan fingerprint density at radius 3 is 3.00 bits per heavy atom. The number of ether oxygens (including phenoxy) is 1. The fourth-order valence-corrected chi connectivity index (χ4v) is 2.65. The molecule has 0 amide bonds. The van der Waals surface area contributed by atoms with Crippen LogP contribution < -0.4 is 4.74 Å². The summed E-state index contributed by atoms with van der Waals surface area (Å²) in [7, 11) is 0. The van der Waals surface area contributed by atoms with Gasteiger partial charge in [0.25, 0.3) is 0 Å². The Labute approximate surface area is 124 Å². The first-order chi connectivity index (χ1) is 9.97. The number of aryl methyl sites for hydroxylation is 1. The van der Waals surface area contributed by atoms with Gasteiger partial charge in [-0.1, -0.05) is 17.7 Å². The first-order valence-corrected chi connectivity index (χ1v) is 6.72. The van der Waals surface area contributed by atoms with Crippen molar-refractivity contribution >= 4 is 17.6 Å². The van der Waals surface area contributed by atoms with Gasteiger partial charge in [0.15, 0.2) is 11.9 Å². The zero-order valence-electron chi connectivity index (χ0n) is 11.1. The molecule has 0 aliphatic carbocycles. The zero-order chi connectivity index (χ0) is 15.1. The van der Waals surface area contributed by atoms with E-state index in [-0.39, 0.29) is 24.7 Å². The molecule has 5 nitrogen and oxygen atoms in total. The third kappa shape index (κ3) is 2.35. The smallest absolute Gasteiger partial charge is 0.357 e. The number of aromatic nitrogens is 2. The molecule has 0 bridgehead atoms.